The molecular formula is C17H26N4O4S. The highest BCUT2D eigenvalue weighted by Crippen LogP contribution is 2.32. The van der Waals surface area contributed by atoms with Crippen molar-refractivity contribution in [2.45, 2.75) is 19.4 Å². The molecule has 2 aliphatic rings. The van der Waals surface area contributed by atoms with Gasteiger partial charge in [-0.2, -0.15) is 0 Å². The highest BCUT2D eigenvalue weighted by Gasteiger charge is 2.24. The molecule has 2 heterocycles. The first-order valence-electron chi connectivity index (χ1n) is 8.74. The van der Waals surface area contributed by atoms with Crippen LogP contribution in [0.25, 0.3) is 0 Å². The van der Waals surface area contributed by atoms with Gasteiger partial charge in [0.25, 0.3) is 0 Å². The number of guanidine groups is 1. The number of nitrogens with one attached hydrogen (secondary N) is 2. The van der Waals surface area contributed by atoms with E-state index in [0.29, 0.717) is 25.6 Å². The van der Waals surface area contributed by atoms with Crippen molar-refractivity contribution in [1.29, 1.82) is 0 Å². The Balaban J connectivity index is 1.43. The number of benzene rings is 1. The summed E-state index contributed by atoms with van der Waals surface area (Å²) in [7, 11) is -1.33. The zero-order valence-corrected chi connectivity index (χ0v) is 16.0. The summed E-state index contributed by atoms with van der Waals surface area (Å²) in [6, 6.07) is 5.86. The van der Waals surface area contributed by atoms with Gasteiger partial charge in [-0.1, -0.05) is 6.07 Å². The summed E-state index contributed by atoms with van der Waals surface area (Å²) < 4.78 is 35.4. The molecule has 0 bridgehead atoms. The average Bonchev–Trinajstić information content (AvgIpc) is 3.09. The van der Waals surface area contributed by atoms with Gasteiger partial charge in [0.15, 0.2) is 17.5 Å². The fourth-order valence-corrected chi connectivity index (χ4v) is 4.02. The molecule has 0 saturated carbocycles. The number of hydrogen-bond donors (Lipinski definition) is 2. The third-order valence-corrected chi connectivity index (χ3v) is 6.02. The summed E-state index contributed by atoms with van der Waals surface area (Å²) in [5, 5.41) is 6.62. The topological polar surface area (TPSA) is 92.3 Å². The Morgan fingerprint density at radius 2 is 1.96 bits per heavy atom. The smallest absolute Gasteiger partial charge is 0.231 e. The van der Waals surface area contributed by atoms with Crippen molar-refractivity contribution in [3.63, 3.8) is 0 Å². The lowest BCUT2D eigenvalue weighted by Gasteiger charge is -2.30. The summed E-state index contributed by atoms with van der Waals surface area (Å²) in [5.74, 6) is 2.71. The van der Waals surface area contributed by atoms with Gasteiger partial charge in [-0.05, 0) is 36.5 Å². The minimum absolute atomic E-state index is 0.271. The summed E-state index contributed by atoms with van der Waals surface area (Å²) in [4.78, 5) is 4.25. The first kappa shape index (κ1) is 18.8. The van der Waals surface area contributed by atoms with Crippen molar-refractivity contribution in [3.8, 4) is 11.5 Å². The predicted molar refractivity (Wildman–Crippen MR) is 99.9 cm³/mol. The molecule has 0 amide bonds. The molecule has 26 heavy (non-hydrogen) atoms. The van der Waals surface area contributed by atoms with E-state index in [1.165, 1.54) is 6.26 Å². The molecule has 2 N–H and O–H groups in total. The number of sulfonamides is 1. The first-order chi connectivity index (χ1) is 12.5. The standard InChI is InChI=1S/C17H26N4O4S/c1-18-17(19-10-13-5-7-21(8-6-13)26(2,22)23)20-11-14-3-4-15-16(9-14)25-12-24-15/h3-4,9,13H,5-8,10-12H2,1-2H3,(H2,18,19,20). The summed E-state index contributed by atoms with van der Waals surface area (Å²) >= 11 is 0. The minimum Gasteiger partial charge on any atom is -0.454 e. The second-order valence-corrected chi connectivity index (χ2v) is 8.58. The second-order valence-electron chi connectivity index (χ2n) is 6.60. The van der Waals surface area contributed by atoms with Crippen LogP contribution in [0.15, 0.2) is 23.2 Å². The molecule has 0 spiro atoms. The molecule has 1 fully saturated rings. The van der Waals surface area contributed by atoms with E-state index < -0.39 is 10.0 Å². The number of rotatable bonds is 5. The van der Waals surface area contributed by atoms with Crippen molar-refractivity contribution in [1.82, 2.24) is 14.9 Å². The van der Waals surface area contributed by atoms with Crippen LogP contribution in [-0.4, -0.2) is 58.4 Å². The Morgan fingerprint density at radius 1 is 1.23 bits per heavy atom. The fourth-order valence-electron chi connectivity index (χ4n) is 3.14. The largest absolute Gasteiger partial charge is 0.454 e. The maximum atomic E-state index is 11.6. The number of hydrogen-bond acceptors (Lipinski definition) is 5. The van der Waals surface area contributed by atoms with E-state index in [4.69, 9.17) is 9.47 Å². The lowest BCUT2D eigenvalue weighted by molar-refractivity contribution is 0.174. The molecule has 9 heteroatoms. The average molecular weight is 382 g/mol. The van der Waals surface area contributed by atoms with Gasteiger partial charge in [0.05, 0.1) is 6.26 Å². The van der Waals surface area contributed by atoms with Gasteiger partial charge >= 0.3 is 0 Å². The van der Waals surface area contributed by atoms with Crippen molar-refractivity contribution in [2.24, 2.45) is 10.9 Å². The van der Waals surface area contributed by atoms with Crippen LogP contribution >= 0.6 is 0 Å². The van der Waals surface area contributed by atoms with E-state index in [2.05, 4.69) is 15.6 Å². The van der Waals surface area contributed by atoms with Crippen molar-refractivity contribution < 1.29 is 17.9 Å². The number of aliphatic imine (C=N–C) groups is 1. The van der Waals surface area contributed by atoms with E-state index >= 15 is 0 Å². The van der Waals surface area contributed by atoms with Gasteiger partial charge in [0, 0.05) is 33.2 Å². The van der Waals surface area contributed by atoms with E-state index in [0.717, 1.165) is 42.4 Å². The summed E-state index contributed by atoms with van der Waals surface area (Å²) in [6.45, 7) is 2.86. The lowest BCUT2D eigenvalue weighted by Crippen LogP contribution is -2.43. The van der Waals surface area contributed by atoms with Crippen LogP contribution in [-0.2, 0) is 16.6 Å². The van der Waals surface area contributed by atoms with Crippen LogP contribution in [0.2, 0.25) is 0 Å². The van der Waals surface area contributed by atoms with Crippen LogP contribution in [0.3, 0.4) is 0 Å². The predicted octanol–water partition coefficient (Wildman–Crippen LogP) is 0.752. The molecule has 3 rings (SSSR count). The highest BCUT2D eigenvalue weighted by atomic mass is 32.2. The zero-order valence-electron chi connectivity index (χ0n) is 15.2. The number of fused-ring (bicyclic) bond motifs is 1. The molecule has 8 nitrogen and oxygen atoms in total. The van der Waals surface area contributed by atoms with Gasteiger partial charge in [0.2, 0.25) is 16.8 Å². The Hall–Kier alpha value is -2.00. The lowest BCUT2D eigenvalue weighted by atomic mass is 9.98. The van der Waals surface area contributed by atoms with Crippen molar-refractivity contribution in [3.05, 3.63) is 23.8 Å². The third-order valence-electron chi connectivity index (χ3n) is 4.72. The van der Waals surface area contributed by atoms with E-state index in [-0.39, 0.29) is 6.79 Å². The molecule has 0 aromatic heterocycles. The summed E-state index contributed by atoms with van der Waals surface area (Å²) in [6.07, 6.45) is 2.99. The molecule has 0 aliphatic carbocycles. The van der Waals surface area contributed by atoms with E-state index in [9.17, 15) is 8.42 Å². The van der Waals surface area contributed by atoms with Crippen LogP contribution < -0.4 is 20.1 Å². The summed E-state index contributed by atoms with van der Waals surface area (Å²) in [5.41, 5.74) is 1.08. The Bertz CT molecular complexity index is 758. The molecule has 0 unspecified atom stereocenters. The Morgan fingerprint density at radius 3 is 2.65 bits per heavy atom. The minimum atomic E-state index is -3.07. The van der Waals surface area contributed by atoms with Gasteiger partial charge in [-0.15, -0.1) is 0 Å². The molecule has 2 aliphatic heterocycles. The zero-order chi connectivity index (χ0) is 18.6. The molecule has 144 valence electrons. The Kier molecular flexibility index (Phi) is 5.87. The molecule has 0 atom stereocenters. The Labute approximate surface area is 154 Å². The van der Waals surface area contributed by atoms with Gasteiger partial charge in [0.1, 0.15) is 0 Å². The molecule has 1 saturated heterocycles. The first-order valence-corrected chi connectivity index (χ1v) is 10.6. The molecule has 0 radical (unpaired) electrons. The second kappa shape index (κ2) is 8.13. The van der Waals surface area contributed by atoms with E-state index in [1.807, 2.05) is 18.2 Å². The van der Waals surface area contributed by atoms with Gasteiger partial charge < -0.3 is 20.1 Å². The fraction of sp³-hybridized carbons (Fsp3) is 0.588. The van der Waals surface area contributed by atoms with Crippen LogP contribution in [0.5, 0.6) is 11.5 Å². The maximum absolute atomic E-state index is 11.6. The van der Waals surface area contributed by atoms with E-state index in [1.54, 1.807) is 11.4 Å². The molecule has 1 aromatic carbocycles. The molecular weight excluding hydrogens is 356 g/mol. The number of ether oxygens (including phenoxy) is 2. The SMILES string of the molecule is CN=C(NCc1ccc2c(c1)OCO2)NCC1CCN(S(C)(=O)=O)CC1. The number of piperidine rings is 1. The highest BCUT2D eigenvalue weighted by molar-refractivity contribution is 7.88. The van der Waals surface area contributed by atoms with Crippen molar-refractivity contribution >= 4 is 16.0 Å². The van der Waals surface area contributed by atoms with Crippen LogP contribution in [0.1, 0.15) is 18.4 Å². The normalized spacial score (nSPS) is 18.8. The van der Waals surface area contributed by atoms with Crippen molar-refractivity contribution in [2.75, 3.05) is 39.7 Å². The quantitative estimate of drug-likeness (QED) is 0.577. The van der Waals surface area contributed by atoms with Gasteiger partial charge in [-0.25, -0.2) is 12.7 Å². The van der Waals surface area contributed by atoms with Crippen LogP contribution in [0.4, 0.5) is 0 Å². The molecule has 1 aromatic rings. The monoisotopic (exact) mass is 382 g/mol. The van der Waals surface area contributed by atoms with Crippen LogP contribution in [0, 0.1) is 5.92 Å². The number of nitrogens with zero attached hydrogens (tertiary/aromatic N) is 2. The maximum Gasteiger partial charge on any atom is 0.231 e. The van der Waals surface area contributed by atoms with Gasteiger partial charge in [-0.3, -0.25) is 4.99 Å². The third kappa shape index (κ3) is 4.79.